The number of hydrogen-bond donors (Lipinski definition) is 2. The Balaban J connectivity index is 0.00000210. The van der Waals surface area contributed by atoms with E-state index < -0.39 is 0 Å². The van der Waals surface area contributed by atoms with Gasteiger partial charge < -0.3 is 11.1 Å². The van der Waals surface area contributed by atoms with E-state index in [4.69, 9.17) is 10.7 Å². The monoisotopic (exact) mass is 384 g/mol. The number of fused-ring (bicyclic) bond motifs is 1. The molecular formula is C21H25ClN4O. The number of carbonyl (C=O) groups excluding carboxylic acids is 1. The molecule has 1 heterocycles. The van der Waals surface area contributed by atoms with Crippen molar-refractivity contribution in [1.82, 2.24) is 14.9 Å². The van der Waals surface area contributed by atoms with E-state index in [1.165, 1.54) is 12.8 Å². The zero-order valence-corrected chi connectivity index (χ0v) is 16.0. The molecule has 1 fully saturated rings. The zero-order valence-electron chi connectivity index (χ0n) is 15.2. The van der Waals surface area contributed by atoms with Gasteiger partial charge in [-0.15, -0.1) is 12.4 Å². The topological polar surface area (TPSA) is 72.9 Å². The molecule has 1 saturated carbocycles. The van der Waals surface area contributed by atoms with Crippen molar-refractivity contribution in [1.29, 1.82) is 0 Å². The summed E-state index contributed by atoms with van der Waals surface area (Å²) in [6.07, 6.45) is 3.39. The Labute approximate surface area is 165 Å². The fourth-order valence-corrected chi connectivity index (χ4v) is 3.35. The molecule has 0 spiro atoms. The smallest absolute Gasteiger partial charge is 0.220 e. The summed E-state index contributed by atoms with van der Waals surface area (Å²) in [5, 5.41) is 2.97. The highest BCUT2D eigenvalue weighted by Gasteiger charge is 2.28. The standard InChI is InChI=1S/C21H24N4O.ClH/c22-17(15-10-11-15)14-23-21(26)13-12-20-24-18-8-4-5-9-19(18)25(20)16-6-2-1-3-7-16;/h1-9,15,17H,10-14,22H2,(H,23,26);1H. The number of nitrogens with two attached hydrogens (primary N) is 1. The number of hydrogen-bond acceptors (Lipinski definition) is 3. The van der Waals surface area contributed by atoms with Crippen LogP contribution in [0.2, 0.25) is 0 Å². The second kappa shape index (κ2) is 8.55. The first kappa shape index (κ1) is 19.4. The summed E-state index contributed by atoms with van der Waals surface area (Å²) in [7, 11) is 0. The Morgan fingerprint density at radius 2 is 1.85 bits per heavy atom. The predicted molar refractivity (Wildman–Crippen MR) is 110 cm³/mol. The van der Waals surface area contributed by atoms with Crippen LogP contribution >= 0.6 is 12.4 Å². The molecule has 3 aromatic rings. The lowest BCUT2D eigenvalue weighted by Crippen LogP contribution is -2.38. The molecule has 2 aromatic carbocycles. The van der Waals surface area contributed by atoms with Gasteiger partial charge in [-0.1, -0.05) is 30.3 Å². The maximum atomic E-state index is 12.2. The molecule has 3 N–H and O–H groups in total. The third kappa shape index (κ3) is 4.49. The molecule has 0 saturated heterocycles. The summed E-state index contributed by atoms with van der Waals surface area (Å²) in [4.78, 5) is 17.0. The van der Waals surface area contributed by atoms with Crippen LogP contribution in [0.5, 0.6) is 0 Å². The Hall–Kier alpha value is -2.37. The zero-order chi connectivity index (χ0) is 17.9. The van der Waals surface area contributed by atoms with E-state index in [9.17, 15) is 4.79 Å². The van der Waals surface area contributed by atoms with Crippen LogP contribution in [-0.4, -0.2) is 28.0 Å². The van der Waals surface area contributed by atoms with Crippen LogP contribution in [0.1, 0.15) is 25.1 Å². The van der Waals surface area contributed by atoms with Crippen LogP contribution in [0.15, 0.2) is 54.6 Å². The van der Waals surface area contributed by atoms with E-state index in [1.807, 2.05) is 36.4 Å². The van der Waals surface area contributed by atoms with Crippen molar-refractivity contribution < 1.29 is 4.79 Å². The van der Waals surface area contributed by atoms with Crippen LogP contribution in [0, 0.1) is 5.92 Å². The van der Waals surface area contributed by atoms with Gasteiger partial charge in [0.05, 0.1) is 11.0 Å². The molecule has 0 bridgehead atoms. The van der Waals surface area contributed by atoms with Gasteiger partial charge in [0, 0.05) is 31.1 Å². The lowest BCUT2D eigenvalue weighted by atomic mass is 10.2. The van der Waals surface area contributed by atoms with Crippen LogP contribution in [0.25, 0.3) is 16.7 Å². The molecule has 1 aromatic heterocycles. The van der Waals surface area contributed by atoms with Crippen molar-refractivity contribution in [2.24, 2.45) is 11.7 Å². The van der Waals surface area contributed by atoms with Crippen molar-refractivity contribution in [2.75, 3.05) is 6.54 Å². The lowest BCUT2D eigenvalue weighted by Gasteiger charge is -2.12. The second-order valence-corrected chi connectivity index (χ2v) is 6.99. The van der Waals surface area contributed by atoms with Gasteiger partial charge in [-0.2, -0.15) is 0 Å². The average molecular weight is 385 g/mol. The van der Waals surface area contributed by atoms with E-state index in [2.05, 4.69) is 28.1 Å². The number of carbonyl (C=O) groups is 1. The highest BCUT2D eigenvalue weighted by molar-refractivity contribution is 5.85. The van der Waals surface area contributed by atoms with E-state index in [1.54, 1.807) is 0 Å². The fourth-order valence-electron chi connectivity index (χ4n) is 3.35. The number of halogens is 1. The van der Waals surface area contributed by atoms with Gasteiger partial charge in [0.1, 0.15) is 5.82 Å². The third-order valence-corrected chi connectivity index (χ3v) is 4.98. The predicted octanol–water partition coefficient (Wildman–Crippen LogP) is 3.23. The van der Waals surface area contributed by atoms with Gasteiger partial charge in [-0.25, -0.2) is 4.98 Å². The second-order valence-electron chi connectivity index (χ2n) is 6.99. The number of rotatable bonds is 7. The number of nitrogens with one attached hydrogen (secondary N) is 1. The molecular weight excluding hydrogens is 360 g/mol. The highest BCUT2D eigenvalue weighted by Crippen LogP contribution is 2.31. The molecule has 6 heteroatoms. The minimum atomic E-state index is 0. The Bertz CT molecular complexity index is 905. The fraction of sp³-hybridized carbons (Fsp3) is 0.333. The number of para-hydroxylation sites is 3. The van der Waals surface area contributed by atoms with E-state index >= 15 is 0 Å². The van der Waals surface area contributed by atoms with Crippen molar-refractivity contribution in [3.8, 4) is 5.69 Å². The average Bonchev–Trinajstić information content (AvgIpc) is 3.46. The molecule has 0 radical (unpaired) electrons. The van der Waals surface area contributed by atoms with E-state index in [0.717, 1.165) is 22.5 Å². The summed E-state index contributed by atoms with van der Waals surface area (Å²) in [5.41, 5.74) is 9.12. The third-order valence-electron chi connectivity index (χ3n) is 4.98. The summed E-state index contributed by atoms with van der Waals surface area (Å²) in [5.74, 6) is 1.53. The molecule has 1 atom stereocenters. The molecule has 142 valence electrons. The first-order chi connectivity index (χ1) is 12.7. The summed E-state index contributed by atoms with van der Waals surface area (Å²) in [6.45, 7) is 0.568. The molecule has 1 aliphatic rings. The summed E-state index contributed by atoms with van der Waals surface area (Å²) < 4.78 is 2.14. The maximum Gasteiger partial charge on any atom is 0.220 e. The number of imidazole rings is 1. The van der Waals surface area contributed by atoms with Crippen LogP contribution in [0.4, 0.5) is 0 Å². The summed E-state index contributed by atoms with van der Waals surface area (Å²) >= 11 is 0. The summed E-state index contributed by atoms with van der Waals surface area (Å²) in [6, 6.07) is 18.3. The van der Waals surface area contributed by atoms with E-state index in [0.29, 0.717) is 25.3 Å². The number of aromatic nitrogens is 2. The number of amides is 1. The van der Waals surface area contributed by atoms with Gasteiger partial charge in [-0.3, -0.25) is 9.36 Å². The van der Waals surface area contributed by atoms with Gasteiger partial charge >= 0.3 is 0 Å². The lowest BCUT2D eigenvalue weighted by molar-refractivity contribution is -0.121. The van der Waals surface area contributed by atoms with Crippen molar-refractivity contribution >= 4 is 29.3 Å². The molecule has 27 heavy (non-hydrogen) atoms. The van der Waals surface area contributed by atoms with Gasteiger partial charge in [-0.05, 0) is 43.0 Å². The van der Waals surface area contributed by atoms with Gasteiger partial charge in [0.15, 0.2) is 0 Å². The molecule has 0 aliphatic heterocycles. The van der Waals surface area contributed by atoms with Crippen LogP contribution < -0.4 is 11.1 Å². The first-order valence-corrected chi connectivity index (χ1v) is 9.26. The Morgan fingerprint density at radius 1 is 1.15 bits per heavy atom. The van der Waals surface area contributed by atoms with Crippen LogP contribution in [0.3, 0.4) is 0 Å². The van der Waals surface area contributed by atoms with E-state index in [-0.39, 0.29) is 24.4 Å². The maximum absolute atomic E-state index is 12.2. The van der Waals surface area contributed by atoms with Crippen LogP contribution in [-0.2, 0) is 11.2 Å². The Morgan fingerprint density at radius 3 is 2.59 bits per heavy atom. The largest absolute Gasteiger partial charge is 0.355 e. The molecule has 1 unspecified atom stereocenters. The quantitative estimate of drug-likeness (QED) is 0.656. The number of nitrogens with zero attached hydrogens (tertiary/aromatic N) is 2. The van der Waals surface area contributed by atoms with Crippen molar-refractivity contribution in [3.63, 3.8) is 0 Å². The molecule has 1 amide bonds. The number of benzene rings is 2. The molecule has 5 nitrogen and oxygen atoms in total. The minimum absolute atomic E-state index is 0. The number of aryl methyl sites for hydroxylation is 1. The normalized spacial score (nSPS) is 14.6. The van der Waals surface area contributed by atoms with Gasteiger partial charge in [0.25, 0.3) is 0 Å². The van der Waals surface area contributed by atoms with Crippen molar-refractivity contribution in [2.45, 2.75) is 31.7 Å². The van der Waals surface area contributed by atoms with Gasteiger partial charge in [0.2, 0.25) is 5.91 Å². The van der Waals surface area contributed by atoms with Crippen molar-refractivity contribution in [3.05, 3.63) is 60.4 Å². The highest BCUT2D eigenvalue weighted by atomic mass is 35.5. The molecule has 4 rings (SSSR count). The Kier molecular flexibility index (Phi) is 6.14. The minimum Gasteiger partial charge on any atom is -0.355 e. The first-order valence-electron chi connectivity index (χ1n) is 9.26. The SMILES string of the molecule is Cl.NC(CNC(=O)CCc1nc2ccccc2n1-c1ccccc1)C1CC1. The molecule has 1 aliphatic carbocycles.